The van der Waals surface area contributed by atoms with Crippen molar-refractivity contribution < 1.29 is 9.32 Å². The third-order valence-electron chi connectivity index (χ3n) is 1.91. The van der Waals surface area contributed by atoms with Gasteiger partial charge >= 0.3 is 0 Å². The van der Waals surface area contributed by atoms with Crippen LogP contribution in [0.5, 0.6) is 0 Å². The molecule has 0 saturated heterocycles. The SMILES string of the molecule is CC(=O)CCc1c(C)noc1C. The maximum atomic E-state index is 10.7. The summed E-state index contributed by atoms with van der Waals surface area (Å²) in [5.41, 5.74) is 1.97. The van der Waals surface area contributed by atoms with Gasteiger partial charge in [-0.3, -0.25) is 0 Å². The van der Waals surface area contributed by atoms with E-state index in [1.807, 2.05) is 13.8 Å². The fourth-order valence-electron chi connectivity index (χ4n) is 1.16. The van der Waals surface area contributed by atoms with Gasteiger partial charge in [0.1, 0.15) is 11.5 Å². The summed E-state index contributed by atoms with van der Waals surface area (Å²) in [5.74, 6) is 1.03. The normalized spacial score (nSPS) is 10.2. The van der Waals surface area contributed by atoms with Gasteiger partial charge in [-0.15, -0.1) is 0 Å². The molecule has 3 nitrogen and oxygen atoms in total. The van der Waals surface area contributed by atoms with Crippen molar-refractivity contribution in [2.45, 2.75) is 33.6 Å². The number of aryl methyl sites for hydroxylation is 2. The van der Waals surface area contributed by atoms with E-state index < -0.39 is 0 Å². The zero-order valence-electron chi connectivity index (χ0n) is 7.68. The van der Waals surface area contributed by atoms with Gasteiger partial charge in [-0.25, -0.2) is 0 Å². The van der Waals surface area contributed by atoms with Crippen LogP contribution in [-0.2, 0) is 11.2 Å². The lowest BCUT2D eigenvalue weighted by atomic mass is 10.1. The number of rotatable bonds is 3. The number of hydrogen-bond donors (Lipinski definition) is 0. The number of carbonyl (C=O) groups excluding carboxylic acids is 1. The van der Waals surface area contributed by atoms with E-state index >= 15 is 0 Å². The number of carbonyl (C=O) groups is 1. The lowest BCUT2D eigenvalue weighted by molar-refractivity contribution is -0.116. The molecule has 3 heteroatoms. The van der Waals surface area contributed by atoms with E-state index in [1.54, 1.807) is 6.92 Å². The second kappa shape index (κ2) is 3.52. The van der Waals surface area contributed by atoms with Gasteiger partial charge in [0, 0.05) is 12.0 Å². The average molecular weight is 167 g/mol. The van der Waals surface area contributed by atoms with Crippen LogP contribution in [-0.4, -0.2) is 10.9 Å². The molecule has 0 aromatic carbocycles. The van der Waals surface area contributed by atoms with Crippen LogP contribution in [0.4, 0.5) is 0 Å². The highest BCUT2D eigenvalue weighted by atomic mass is 16.5. The van der Waals surface area contributed by atoms with E-state index in [1.165, 1.54) is 0 Å². The minimum absolute atomic E-state index is 0.204. The lowest BCUT2D eigenvalue weighted by Crippen LogP contribution is -1.95. The first-order valence-corrected chi connectivity index (χ1v) is 4.02. The summed E-state index contributed by atoms with van der Waals surface area (Å²) in [6.45, 7) is 5.36. The fraction of sp³-hybridized carbons (Fsp3) is 0.556. The van der Waals surface area contributed by atoms with Gasteiger partial charge in [-0.05, 0) is 27.2 Å². The Hall–Kier alpha value is -1.12. The van der Waals surface area contributed by atoms with Crippen LogP contribution in [0.1, 0.15) is 30.4 Å². The third-order valence-corrected chi connectivity index (χ3v) is 1.91. The molecular weight excluding hydrogens is 154 g/mol. The first-order chi connectivity index (χ1) is 5.61. The summed E-state index contributed by atoms with van der Waals surface area (Å²) in [4.78, 5) is 10.7. The maximum absolute atomic E-state index is 10.7. The zero-order valence-corrected chi connectivity index (χ0v) is 7.68. The largest absolute Gasteiger partial charge is 0.361 e. The highest BCUT2D eigenvalue weighted by molar-refractivity contribution is 5.75. The molecule has 0 bridgehead atoms. The molecule has 0 spiro atoms. The minimum Gasteiger partial charge on any atom is -0.361 e. The minimum atomic E-state index is 0.204. The molecule has 0 amide bonds. The van der Waals surface area contributed by atoms with Gasteiger partial charge in [0.05, 0.1) is 5.69 Å². The predicted molar refractivity (Wildman–Crippen MR) is 45.0 cm³/mol. The first kappa shape index (κ1) is 8.97. The van der Waals surface area contributed by atoms with Crippen LogP contribution < -0.4 is 0 Å². The van der Waals surface area contributed by atoms with Crippen molar-refractivity contribution in [3.63, 3.8) is 0 Å². The summed E-state index contributed by atoms with van der Waals surface area (Å²) in [5, 5.41) is 3.81. The predicted octanol–water partition coefficient (Wildman–Crippen LogP) is 1.81. The molecule has 1 heterocycles. The molecule has 0 saturated carbocycles. The summed E-state index contributed by atoms with van der Waals surface area (Å²) in [6.07, 6.45) is 1.32. The Morgan fingerprint density at radius 3 is 2.58 bits per heavy atom. The number of ketones is 1. The Labute approximate surface area is 71.7 Å². The number of nitrogens with zero attached hydrogens (tertiary/aromatic N) is 1. The molecule has 1 rings (SSSR count). The van der Waals surface area contributed by atoms with E-state index in [9.17, 15) is 4.79 Å². The van der Waals surface area contributed by atoms with Crippen molar-refractivity contribution >= 4 is 5.78 Å². The number of hydrogen-bond acceptors (Lipinski definition) is 3. The van der Waals surface area contributed by atoms with Crippen molar-refractivity contribution in [1.82, 2.24) is 5.16 Å². The Morgan fingerprint density at radius 2 is 2.17 bits per heavy atom. The Bertz CT molecular complexity index is 269. The van der Waals surface area contributed by atoms with Crippen LogP contribution >= 0.6 is 0 Å². The average Bonchev–Trinajstić information content (AvgIpc) is 2.28. The molecule has 1 aromatic rings. The van der Waals surface area contributed by atoms with Crippen LogP contribution in [0.3, 0.4) is 0 Å². The molecule has 0 aliphatic heterocycles. The number of Topliss-reactive ketones (excluding diaryl/α,β-unsaturated/α-hetero) is 1. The second-order valence-electron chi connectivity index (χ2n) is 3.00. The Kier molecular flexibility index (Phi) is 2.63. The highest BCUT2D eigenvalue weighted by Crippen LogP contribution is 2.14. The van der Waals surface area contributed by atoms with Crippen LogP contribution in [0, 0.1) is 13.8 Å². The molecule has 0 atom stereocenters. The van der Waals surface area contributed by atoms with E-state index in [0.717, 1.165) is 23.4 Å². The van der Waals surface area contributed by atoms with Gasteiger partial charge < -0.3 is 9.32 Å². The quantitative estimate of drug-likeness (QED) is 0.689. The van der Waals surface area contributed by atoms with Gasteiger partial charge in [-0.1, -0.05) is 5.16 Å². The van der Waals surface area contributed by atoms with E-state index in [2.05, 4.69) is 5.16 Å². The lowest BCUT2D eigenvalue weighted by Gasteiger charge is -1.95. The standard InChI is InChI=1S/C9H13NO2/c1-6(11)4-5-9-7(2)10-12-8(9)3/h4-5H2,1-3H3. The van der Waals surface area contributed by atoms with Crippen molar-refractivity contribution in [1.29, 1.82) is 0 Å². The Balaban J connectivity index is 2.68. The molecule has 0 aliphatic carbocycles. The third kappa shape index (κ3) is 1.94. The molecule has 0 aliphatic rings. The second-order valence-corrected chi connectivity index (χ2v) is 3.00. The summed E-state index contributed by atoms with van der Waals surface area (Å²) >= 11 is 0. The molecule has 0 radical (unpaired) electrons. The van der Waals surface area contributed by atoms with Gasteiger partial charge in [-0.2, -0.15) is 0 Å². The van der Waals surface area contributed by atoms with E-state index in [0.29, 0.717) is 6.42 Å². The van der Waals surface area contributed by atoms with E-state index in [-0.39, 0.29) is 5.78 Å². The van der Waals surface area contributed by atoms with Crippen LogP contribution in [0.25, 0.3) is 0 Å². The van der Waals surface area contributed by atoms with Crippen molar-refractivity contribution in [2.75, 3.05) is 0 Å². The molecule has 0 unspecified atom stereocenters. The van der Waals surface area contributed by atoms with E-state index in [4.69, 9.17) is 4.52 Å². The molecular formula is C9H13NO2. The smallest absolute Gasteiger partial charge is 0.137 e. The summed E-state index contributed by atoms with van der Waals surface area (Å²) in [7, 11) is 0. The van der Waals surface area contributed by atoms with Crippen LogP contribution in [0.2, 0.25) is 0 Å². The molecule has 12 heavy (non-hydrogen) atoms. The van der Waals surface area contributed by atoms with Crippen molar-refractivity contribution in [2.24, 2.45) is 0 Å². The highest BCUT2D eigenvalue weighted by Gasteiger charge is 2.08. The summed E-state index contributed by atoms with van der Waals surface area (Å²) in [6, 6.07) is 0. The number of aromatic nitrogens is 1. The first-order valence-electron chi connectivity index (χ1n) is 4.02. The Morgan fingerprint density at radius 1 is 1.50 bits per heavy atom. The van der Waals surface area contributed by atoms with Crippen LogP contribution in [0.15, 0.2) is 4.52 Å². The topological polar surface area (TPSA) is 43.1 Å². The van der Waals surface area contributed by atoms with Crippen molar-refractivity contribution in [3.05, 3.63) is 17.0 Å². The monoisotopic (exact) mass is 167 g/mol. The maximum Gasteiger partial charge on any atom is 0.137 e. The van der Waals surface area contributed by atoms with Crippen molar-refractivity contribution in [3.8, 4) is 0 Å². The molecule has 66 valence electrons. The fourth-order valence-corrected chi connectivity index (χ4v) is 1.16. The summed E-state index contributed by atoms with van der Waals surface area (Å²) < 4.78 is 4.97. The molecule has 0 N–H and O–H groups in total. The van der Waals surface area contributed by atoms with Gasteiger partial charge in [0.15, 0.2) is 0 Å². The molecule has 1 aromatic heterocycles. The zero-order chi connectivity index (χ0) is 9.14. The van der Waals surface area contributed by atoms with Gasteiger partial charge in [0.25, 0.3) is 0 Å². The van der Waals surface area contributed by atoms with Gasteiger partial charge in [0.2, 0.25) is 0 Å². The molecule has 0 fully saturated rings.